The molecule has 0 aromatic carbocycles. The van der Waals surface area contributed by atoms with Gasteiger partial charge in [0.15, 0.2) is 0 Å². The van der Waals surface area contributed by atoms with Gasteiger partial charge in [0.05, 0.1) is 6.42 Å². The summed E-state index contributed by atoms with van der Waals surface area (Å²) in [6.45, 7) is 6.64. The first-order valence-corrected chi connectivity index (χ1v) is 7.33. The lowest BCUT2D eigenvalue weighted by molar-refractivity contribution is -0.137. The van der Waals surface area contributed by atoms with Gasteiger partial charge in [-0.05, 0) is 27.0 Å². The topological polar surface area (TPSA) is 60.9 Å². The van der Waals surface area contributed by atoms with Crippen molar-refractivity contribution < 1.29 is 14.7 Å². The molecule has 0 unspecified atom stereocenters. The van der Waals surface area contributed by atoms with Crippen molar-refractivity contribution in [1.82, 2.24) is 9.80 Å². The van der Waals surface area contributed by atoms with Crippen LogP contribution in [0.4, 0.5) is 4.79 Å². The van der Waals surface area contributed by atoms with Crippen molar-refractivity contribution in [2.45, 2.75) is 32.7 Å². The second-order valence-corrected chi connectivity index (χ2v) is 6.15. The average Bonchev–Trinajstić information content (AvgIpc) is 2.23. The molecule has 0 atom stereocenters. The van der Waals surface area contributed by atoms with Gasteiger partial charge in [-0.25, -0.2) is 4.79 Å². The van der Waals surface area contributed by atoms with Crippen LogP contribution in [0.2, 0.25) is 0 Å². The monoisotopic (exact) mass is 276 g/mol. The van der Waals surface area contributed by atoms with Gasteiger partial charge < -0.3 is 14.9 Å². The number of carboxylic acids is 1. The van der Waals surface area contributed by atoms with Gasteiger partial charge in [-0.2, -0.15) is 11.8 Å². The molecule has 18 heavy (non-hydrogen) atoms. The molecule has 0 spiro atoms. The number of carboxylic acid groups (broad SMARTS) is 1. The Bertz CT molecular complexity index is 290. The van der Waals surface area contributed by atoms with Gasteiger partial charge in [-0.3, -0.25) is 4.79 Å². The molecule has 0 aromatic rings. The van der Waals surface area contributed by atoms with Crippen LogP contribution in [0.3, 0.4) is 0 Å². The number of rotatable bonds is 6. The molecule has 106 valence electrons. The maximum absolute atomic E-state index is 12.3. The highest BCUT2D eigenvalue weighted by Crippen LogP contribution is 2.16. The third-order valence-corrected chi connectivity index (χ3v) is 3.14. The standard InChI is InChI=1S/C12H24N2O3S/c1-12(2,3)14(7-6-10(15)16)11(17)13(4)8-9-18-5/h6-9H2,1-5H3,(H,15,16). The quantitative estimate of drug-likeness (QED) is 0.806. The Labute approximate surface area is 114 Å². The van der Waals surface area contributed by atoms with E-state index in [4.69, 9.17) is 5.11 Å². The number of hydrogen-bond acceptors (Lipinski definition) is 3. The van der Waals surface area contributed by atoms with E-state index in [1.165, 1.54) is 0 Å². The molecule has 0 heterocycles. The second-order valence-electron chi connectivity index (χ2n) is 5.16. The van der Waals surface area contributed by atoms with Gasteiger partial charge in [0, 0.05) is 31.4 Å². The minimum Gasteiger partial charge on any atom is -0.481 e. The van der Waals surface area contributed by atoms with Gasteiger partial charge in [0.25, 0.3) is 0 Å². The summed E-state index contributed by atoms with van der Waals surface area (Å²) in [4.78, 5) is 26.2. The summed E-state index contributed by atoms with van der Waals surface area (Å²) in [5.41, 5.74) is -0.375. The average molecular weight is 276 g/mol. The zero-order chi connectivity index (χ0) is 14.3. The highest BCUT2D eigenvalue weighted by atomic mass is 32.2. The van der Waals surface area contributed by atoms with Gasteiger partial charge in [-0.15, -0.1) is 0 Å². The summed E-state index contributed by atoms with van der Waals surface area (Å²) >= 11 is 1.68. The maximum atomic E-state index is 12.3. The molecule has 6 heteroatoms. The van der Waals surface area contributed by atoms with Gasteiger partial charge in [-0.1, -0.05) is 0 Å². The smallest absolute Gasteiger partial charge is 0.320 e. The van der Waals surface area contributed by atoms with Crippen LogP contribution in [0, 0.1) is 0 Å². The summed E-state index contributed by atoms with van der Waals surface area (Å²) in [5, 5.41) is 8.74. The Balaban J connectivity index is 4.64. The van der Waals surface area contributed by atoms with E-state index in [1.807, 2.05) is 27.0 Å². The molecular weight excluding hydrogens is 252 g/mol. The van der Waals surface area contributed by atoms with Crippen molar-refractivity contribution in [1.29, 1.82) is 0 Å². The highest BCUT2D eigenvalue weighted by Gasteiger charge is 2.28. The van der Waals surface area contributed by atoms with Crippen LogP contribution in [0.5, 0.6) is 0 Å². The van der Waals surface area contributed by atoms with E-state index in [2.05, 4.69) is 0 Å². The molecule has 0 aliphatic heterocycles. The fourth-order valence-electron chi connectivity index (χ4n) is 1.46. The summed E-state index contributed by atoms with van der Waals surface area (Å²) in [6.07, 6.45) is 1.96. The molecule has 0 aliphatic carbocycles. The maximum Gasteiger partial charge on any atom is 0.320 e. The van der Waals surface area contributed by atoms with Crippen LogP contribution < -0.4 is 0 Å². The lowest BCUT2D eigenvalue weighted by Crippen LogP contribution is -2.52. The first-order chi connectivity index (χ1) is 8.20. The van der Waals surface area contributed by atoms with Crippen molar-refractivity contribution in [3.63, 3.8) is 0 Å². The van der Waals surface area contributed by atoms with E-state index in [-0.39, 0.29) is 24.5 Å². The van der Waals surface area contributed by atoms with E-state index >= 15 is 0 Å². The van der Waals surface area contributed by atoms with Crippen LogP contribution in [-0.2, 0) is 4.79 Å². The predicted molar refractivity (Wildman–Crippen MR) is 75.1 cm³/mol. The minimum absolute atomic E-state index is 0.0284. The molecule has 5 nitrogen and oxygen atoms in total. The third kappa shape index (κ3) is 6.14. The van der Waals surface area contributed by atoms with Crippen molar-refractivity contribution in [3.05, 3.63) is 0 Å². The van der Waals surface area contributed by atoms with Gasteiger partial charge in [0.1, 0.15) is 0 Å². The Hall–Kier alpha value is -0.910. The summed E-state index contributed by atoms with van der Waals surface area (Å²) in [6, 6.07) is -0.113. The molecule has 0 fully saturated rings. The van der Waals surface area contributed by atoms with Crippen molar-refractivity contribution in [2.24, 2.45) is 0 Å². The molecule has 0 saturated carbocycles. The molecule has 0 aliphatic rings. The van der Waals surface area contributed by atoms with E-state index in [9.17, 15) is 9.59 Å². The first-order valence-electron chi connectivity index (χ1n) is 5.93. The molecule has 0 bridgehead atoms. The fourth-order valence-corrected chi connectivity index (χ4v) is 1.91. The minimum atomic E-state index is -0.885. The Kier molecular flexibility index (Phi) is 7.13. The van der Waals surface area contributed by atoms with E-state index in [0.29, 0.717) is 6.54 Å². The zero-order valence-electron chi connectivity index (χ0n) is 11.9. The molecule has 1 N–H and O–H groups in total. The van der Waals surface area contributed by atoms with Crippen LogP contribution in [-0.4, -0.2) is 64.6 Å². The third-order valence-electron chi connectivity index (χ3n) is 2.55. The molecule has 2 amide bonds. The van der Waals surface area contributed by atoms with E-state index < -0.39 is 5.97 Å². The molecule has 0 radical (unpaired) electrons. The SMILES string of the molecule is CSCCN(C)C(=O)N(CCC(=O)O)C(C)(C)C. The second kappa shape index (κ2) is 7.51. The zero-order valence-corrected chi connectivity index (χ0v) is 12.7. The number of nitrogens with zero attached hydrogens (tertiary/aromatic N) is 2. The number of amides is 2. The van der Waals surface area contributed by atoms with Crippen LogP contribution >= 0.6 is 11.8 Å². The van der Waals surface area contributed by atoms with Crippen molar-refractivity contribution in [3.8, 4) is 0 Å². The number of aliphatic carboxylic acids is 1. The predicted octanol–water partition coefficient (Wildman–Crippen LogP) is 1.98. The number of urea groups is 1. The molecule has 0 rings (SSSR count). The van der Waals surface area contributed by atoms with Gasteiger partial charge >= 0.3 is 12.0 Å². The fraction of sp³-hybridized carbons (Fsp3) is 0.833. The molecule has 0 saturated heterocycles. The molecular formula is C12H24N2O3S. The Morgan fingerprint density at radius 1 is 1.22 bits per heavy atom. The van der Waals surface area contributed by atoms with Crippen LogP contribution in [0.15, 0.2) is 0 Å². The number of carbonyl (C=O) groups is 2. The lowest BCUT2D eigenvalue weighted by atomic mass is 10.1. The molecule has 0 aromatic heterocycles. The normalized spacial score (nSPS) is 11.2. The summed E-state index contributed by atoms with van der Waals surface area (Å²) in [7, 11) is 1.75. The van der Waals surface area contributed by atoms with E-state index in [1.54, 1.807) is 28.6 Å². The summed E-state index contributed by atoms with van der Waals surface area (Å²) in [5.74, 6) is -0.0112. The van der Waals surface area contributed by atoms with Crippen LogP contribution in [0.1, 0.15) is 27.2 Å². The largest absolute Gasteiger partial charge is 0.481 e. The Morgan fingerprint density at radius 2 is 1.78 bits per heavy atom. The van der Waals surface area contributed by atoms with Gasteiger partial charge in [0.2, 0.25) is 0 Å². The number of hydrogen-bond donors (Lipinski definition) is 1. The highest BCUT2D eigenvalue weighted by molar-refractivity contribution is 7.98. The number of thioether (sulfide) groups is 1. The van der Waals surface area contributed by atoms with Crippen molar-refractivity contribution in [2.75, 3.05) is 32.1 Å². The lowest BCUT2D eigenvalue weighted by Gasteiger charge is -2.38. The van der Waals surface area contributed by atoms with Crippen molar-refractivity contribution >= 4 is 23.8 Å². The van der Waals surface area contributed by atoms with E-state index in [0.717, 1.165) is 5.75 Å². The summed E-state index contributed by atoms with van der Waals surface area (Å²) < 4.78 is 0. The Morgan fingerprint density at radius 3 is 2.17 bits per heavy atom. The number of carbonyl (C=O) groups excluding carboxylic acids is 1. The van der Waals surface area contributed by atoms with Crippen LogP contribution in [0.25, 0.3) is 0 Å². The first kappa shape index (κ1) is 17.1.